The van der Waals surface area contributed by atoms with Crippen LogP contribution in [0.3, 0.4) is 0 Å². The van der Waals surface area contributed by atoms with Crippen molar-refractivity contribution in [1.82, 2.24) is 4.31 Å². The van der Waals surface area contributed by atoms with Gasteiger partial charge in [-0.2, -0.15) is 4.31 Å². The van der Waals surface area contributed by atoms with E-state index in [2.05, 4.69) is 10.2 Å². The van der Waals surface area contributed by atoms with Crippen molar-refractivity contribution >= 4 is 27.3 Å². The van der Waals surface area contributed by atoms with Crippen molar-refractivity contribution in [3.8, 4) is 0 Å². The third-order valence-corrected chi connectivity index (χ3v) is 6.49. The fourth-order valence-electron chi connectivity index (χ4n) is 2.92. The first-order chi connectivity index (χ1) is 12.8. The van der Waals surface area contributed by atoms with E-state index >= 15 is 0 Å². The summed E-state index contributed by atoms with van der Waals surface area (Å²) in [5.74, 6) is -0.155. The third-order valence-electron chi connectivity index (χ3n) is 4.44. The largest absolute Gasteiger partial charge is 0.385 e. The first kappa shape index (κ1) is 23.4. The lowest BCUT2D eigenvalue weighted by molar-refractivity contribution is -0.116. The SMILES string of the molecule is CCN(CC)c1ccc(S(=O)(=O)N(CC)CC)cc1NC(=O)CCCOC. The number of nitrogens with zero attached hydrogens (tertiary/aromatic N) is 2. The molecule has 0 spiro atoms. The zero-order valence-electron chi connectivity index (χ0n) is 17.1. The number of rotatable bonds is 12. The molecule has 1 amide bonds. The number of nitrogens with one attached hydrogen (secondary N) is 1. The molecule has 0 aliphatic carbocycles. The monoisotopic (exact) mass is 399 g/mol. The van der Waals surface area contributed by atoms with Gasteiger partial charge in [-0.05, 0) is 38.5 Å². The van der Waals surface area contributed by atoms with Crippen LogP contribution in [0.5, 0.6) is 0 Å². The first-order valence-corrected chi connectivity index (χ1v) is 11.0. The molecule has 7 nitrogen and oxygen atoms in total. The highest BCUT2D eigenvalue weighted by atomic mass is 32.2. The van der Waals surface area contributed by atoms with Crippen LogP contribution in [0.15, 0.2) is 23.1 Å². The van der Waals surface area contributed by atoms with Crippen molar-refractivity contribution in [1.29, 1.82) is 0 Å². The maximum Gasteiger partial charge on any atom is 0.243 e. The standard InChI is InChI=1S/C19H33N3O4S/c1-6-21(7-2)18-13-12-16(27(24,25)22(8-3)9-4)15-17(18)20-19(23)11-10-14-26-5/h12-13,15H,6-11,14H2,1-5H3,(H,20,23). The Hall–Kier alpha value is -1.64. The molecule has 1 aromatic carbocycles. The quantitative estimate of drug-likeness (QED) is 0.547. The average molecular weight is 400 g/mol. The van der Waals surface area contributed by atoms with Gasteiger partial charge in [-0.1, -0.05) is 13.8 Å². The summed E-state index contributed by atoms with van der Waals surface area (Å²) >= 11 is 0. The minimum Gasteiger partial charge on any atom is -0.385 e. The molecular formula is C19H33N3O4S. The minimum absolute atomic E-state index is 0.155. The Morgan fingerprint density at radius 3 is 2.22 bits per heavy atom. The molecule has 0 fully saturated rings. The molecule has 0 bridgehead atoms. The number of carbonyl (C=O) groups is 1. The molecule has 0 aromatic heterocycles. The second-order valence-electron chi connectivity index (χ2n) is 6.09. The summed E-state index contributed by atoms with van der Waals surface area (Å²) in [6.07, 6.45) is 0.929. The Labute approximate surface area is 163 Å². The van der Waals surface area contributed by atoms with E-state index in [-0.39, 0.29) is 10.8 Å². The van der Waals surface area contributed by atoms with Crippen LogP contribution in [0.25, 0.3) is 0 Å². The summed E-state index contributed by atoms with van der Waals surface area (Å²) in [5, 5.41) is 2.89. The summed E-state index contributed by atoms with van der Waals surface area (Å²) in [6.45, 7) is 10.5. The van der Waals surface area contributed by atoms with Crippen LogP contribution >= 0.6 is 0 Å². The zero-order chi connectivity index (χ0) is 20.4. The molecule has 0 saturated heterocycles. The maximum atomic E-state index is 12.8. The molecule has 0 saturated carbocycles. The van der Waals surface area contributed by atoms with E-state index in [9.17, 15) is 13.2 Å². The second kappa shape index (κ2) is 11.3. The number of hydrogen-bond donors (Lipinski definition) is 1. The van der Waals surface area contributed by atoms with Gasteiger partial charge in [-0.25, -0.2) is 8.42 Å². The fraction of sp³-hybridized carbons (Fsp3) is 0.632. The number of sulfonamides is 1. The summed E-state index contributed by atoms with van der Waals surface area (Å²) in [4.78, 5) is 14.6. The van der Waals surface area contributed by atoms with Crippen LogP contribution in [-0.4, -0.2) is 58.5 Å². The molecule has 0 aliphatic rings. The van der Waals surface area contributed by atoms with Crippen LogP contribution in [0.4, 0.5) is 11.4 Å². The van der Waals surface area contributed by atoms with E-state index in [1.807, 2.05) is 27.7 Å². The lowest BCUT2D eigenvalue weighted by Gasteiger charge is -2.26. The Balaban J connectivity index is 3.27. The van der Waals surface area contributed by atoms with Gasteiger partial charge in [0.25, 0.3) is 0 Å². The molecular weight excluding hydrogens is 366 g/mol. The Morgan fingerprint density at radius 1 is 1.07 bits per heavy atom. The van der Waals surface area contributed by atoms with Crippen molar-refractivity contribution in [3.63, 3.8) is 0 Å². The summed E-state index contributed by atoms with van der Waals surface area (Å²) < 4.78 is 32.1. The lowest BCUT2D eigenvalue weighted by atomic mass is 10.2. The van der Waals surface area contributed by atoms with Gasteiger partial charge >= 0.3 is 0 Å². The number of ether oxygens (including phenoxy) is 1. The van der Waals surface area contributed by atoms with Crippen LogP contribution < -0.4 is 10.2 Å². The summed E-state index contributed by atoms with van der Waals surface area (Å²) in [6, 6.07) is 4.95. The highest BCUT2D eigenvalue weighted by molar-refractivity contribution is 7.89. The predicted octanol–water partition coefficient (Wildman–Crippen LogP) is 2.93. The molecule has 1 N–H and O–H groups in total. The van der Waals surface area contributed by atoms with Crippen molar-refractivity contribution in [2.75, 3.05) is 50.1 Å². The molecule has 0 aliphatic heterocycles. The van der Waals surface area contributed by atoms with Crippen LogP contribution in [0, 0.1) is 0 Å². The van der Waals surface area contributed by atoms with E-state index in [4.69, 9.17) is 4.74 Å². The van der Waals surface area contributed by atoms with Crippen LogP contribution in [0.1, 0.15) is 40.5 Å². The van der Waals surface area contributed by atoms with Gasteiger partial charge in [0.15, 0.2) is 0 Å². The minimum atomic E-state index is -3.59. The highest BCUT2D eigenvalue weighted by Gasteiger charge is 2.23. The molecule has 0 unspecified atom stereocenters. The summed E-state index contributed by atoms with van der Waals surface area (Å²) in [7, 11) is -2.00. The van der Waals surface area contributed by atoms with Crippen molar-refractivity contribution < 1.29 is 17.9 Å². The molecule has 0 radical (unpaired) electrons. The molecule has 154 valence electrons. The molecule has 27 heavy (non-hydrogen) atoms. The molecule has 0 heterocycles. The Morgan fingerprint density at radius 2 is 1.70 bits per heavy atom. The molecule has 1 rings (SSSR count). The van der Waals surface area contributed by atoms with Gasteiger partial charge in [0, 0.05) is 46.3 Å². The number of anilines is 2. The number of carbonyl (C=O) groups excluding carboxylic acids is 1. The Kier molecular flexibility index (Phi) is 9.76. The average Bonchev–Trinajstić information content (AvgIpc) is 2.64. The van der Waals surface area contributed by atoms with Gasteiger partial charge in [-0.3, -0.25) is 4.79 Å². The lowest BCUT2D eigenvalue weighted by Crippen LogP contribution is -2.31. The molecule has 1 aromatic rings. The second-order valence-corrected chi connectivity index (χ2v) is 8.02. The van der Waals surface area contributed by atoms with E-state index in [0.717, 1.165) is 18.8 Å². The van der Waals surface area contributed by atoms with Crippen molar-refractivity contribution in [2.45, 2.75) is 45.4 Å². The maximum absolute atomic E-state index is 12.8. The van der Waals surface area contributed by atoms with E-state index < -0.39 is 10.0 Å². The fourth-order valence-corrected chi connectivity index (χ4v) is 4.40. The van der Waals surface area contributed by atoms with Gasteiger partial charge in [0.1, 0.15) is 0 Å². The first-order valence-electron chi connectivity index (χ1n) is 9.53. The van der Waals surface area contributed by atoms with Gasteiger partial charge in [0.2, 0.25) is 15.9 Å². The highest BCUT2D eigenvalue weighted by Crippen LogP contribution is 2.30. The normalized spacial score (nSPS) is 11.6. The van der Waals surface area contributed by atoms with Gasteiger partial charge < -0.3 is 15.0 Å². The number of benzene rings is 1. The zero-order valence-corrected chi connectivity index (χ0v) is 17.9. The number of amides is 1. The van der Waals surface area contributed by atoms with Gasteiger partial charge in [-0.15, -0.1) is 0 Å². The predicted molar refractivity (Wildman–Crippen MR) is 110 cm³/mol. The van der Waals surface area contributed by atoms with E-state index in [0.29, 0.717) is 38.2 Å². The summed E-state index contributed by atoms with van der Waals surface area (Å²) in [5.41, 5.74) is 1.34. The topological polar surface area (TPSA) is 79.0 Å². The van der Waals surface area contributed by atoms with E-state index in [1.54, 1.807) is 25.3 Å². The molecule has 8 heteroatoms. The molecule has 0 atom stereocenters. The van der Waals surface area contributed by atoms with Crippen LogP contribution in [-0.2, 0) is 19.6 Å². The smallest absolute Gasteiger partial charge is 0.243 e. The van der Waals surface area contributed by atoms with Crippen LogP contribution in [0.2, 0.25) is 0 Å². The number of hydrogen-bond acceptors (Lipinski definition) is 5. The van der Waals surface area contributed by atoms with Crippen molar-refractivity contribution in [3.05, 3.63) is 18.2 Å². The Bertz CT molecular complexity index is 699. The van der Waals surface area contributed by atoms with Crippen molar-refractivity contribution in [2.24, 2.45) is 0 Å². The van der Waals surface area contributed by atoms with E-state index in [1.165, 1.54) is 4.31 Å². The third kappa shape index (κ3) is 6.19. The number of methoxy groups -OCH3 is 1. The van der Waals surface area contributed by atoms with Gasteiger partial charge in [0.05, 0.1) is 16.3 Å².